The number of benzene rings is 1. The fraction of sp³-hybridized carbons (Fsp3) is 0.381. The van der Waals surface area contributed by atoms with Gasteiger partial charge in [0.1, 0.15) is 22.8 Å². The van der Waals surface area contributed by atoms with Gasteiger partial charge in [0.2, 0.25) is 0 Å². The first-order valence-electron chi connectivity index (χ1n) is 9.72. The average molecular weight is 431 g/mol. The molecular weight excluding hydrogens is 407 g/mol. The summed E-state index contributed by atoms with van der Waals surface area (Å²) in [6.45, 7) is 3.76. The van der Waals surface area contributed by atoms with Gasteiger partial charge in [-0.15, -0.1) is 11.3 Å². The molecule has 1 fully saturated rings. The first kappa shape index (κ1) is 20.6. The second kappa shape index (κ2) is 7.90. The van der Waals surface area contributed by atoms with Gasteiger partial charge in [0, 0.05) is 5.69 Å². The minimum absolute atomic E-state index is 0.0205. The molecule has 3 aromatic rings. The lowest BCUT2D eigenvalue weighted by molar-refractivity contribution is 0.0438. The number of amides is 1. The number of nitrogens with zero attached hydrogens (tertiary/aromatic N) is 2. The van der Waals surface area contributed by atoms with Crippen molar-refractivity contribution in [2.75, 3.05) is 5.32 Å². The number of rotatable bonds is 5. The summed E-state index contributed by atoms with van der Waals surface area (Å²) in [4.78, 5) is 21.4. The molecule has 9 heteroatoms. The number of aryl methyl sites for hydroxylation is 1. The van der Waals surface area contributed by atoms with Gasteiger partial charge in [0.05, 0.1) is 22.5 Å². The number of carbonyl (C=O) groups is 1. The van der Waals surface area contributed by atoms with Gasteiger partial charge < -0.3 is 21.3 Å². The zero-order valence-electron chi connectivity index (χ0n) is 16.6. The third-order valence-electron chi connectivity index (χ3n) is 5.95. The van der Waals surface area contributed by atoms with Crippen molar-refractivity contribution in [3.8, 4) is 0 Å². The Kier molecular flexibility index (Phi) is 5.44. The number of nitrogens with two attached hydrogens (primary N) is 1. The van der Waals surface area contributed by atoms with Gasteiger partial charge in [-0.25, -0.2) is 14.4 Å². The van der Waals surface area contributed by atoms with Crippen LogP contribution in [0.15, 0.2) is 24.5 Å². The molecule has 1 amide bonds. The number of thiophene rings is 1. The Morgan fingerprint density at radius 2 is 2.00 bits per heavy atom. The van der Waals surface area contributed by atoms with Crippen LogP contribution in [0.1, 0.15) is 46.5 Å². The number of anilines is 2. The van der Waals surface area contributed by atoms with E-state index < -0.39 is 18.1 Å². The molecule has 1 unspecified atom stereocenters. The number of aliphatic hydroxyl groups excluding tert-OH is 2. The minimum atomic E-state index is -0.760. The molecule has 1 saturated carbocycles. The largest absolute Gasteiger partial charge is 0.390 e. The second-order valence-corrected chi connectivity index (χ2v) is 8.83. The third-order valence-corrected chi connectivity index (χ3v) is 7.16. The lowest BCUT2D eigenvalue weighted by Crippen LogP contribution is -2.17. The lowest BCUT2D eigenvalue weighted by Gasteiger charge is -2.23. The highest BCUT2D eigenvalue weighted by atomic mass is 32.1. The molecule has 0 aliphatic heterocycles. The lowest BCUT2D eigenvalue weighted by atomic mass is 9.85. The van der Waals surface area contributed by atoms with Crippen LogP contribution in [0, 0.1) is 18.7 Å². The molecule has 5 N–H and O–H groups in total. The van der Waals surface area contributed by atoms with E-state index in [2.05, 4.69) is 15.3 Å². The summed E-state index contributed by atoms with van der Waals surface area (Å²) in [6, 6.07) is 4.48. The summed E-state index contributed by atoms with van der Waals surface area (Å²) in [7, 11) is 0. The molecule has 1 aromatic carbocycles. The summed E-state index contributed by atoms with van der Waals surface area (Å²) in [5, 5.41) is 23.8. The summed E-state index contributed by atoms with van der Waals surface area (Å²) in [5.74, 6) is -0.454. The average Bonchev–Trinajstić information content (AvgIpc) is 3.23. The summed E-state index contributed by atoms with van der Waals surface area (Å²) in [5.41, 5.74) is 7.58. The van der Waals surface area contributed by atoms with E-state index in [1.54, 1.807) is 13.0 Å². The number of fused-ring (bicyclic) bond motifs is 1. The molecule has 0 radical (unpaired) electrons. The molecule has 0 spiro atoms. The van der Waals surface area contributed by atoms with Gasteiger partial charge in [-0.1, -0.05) is 6.92 Å². The highest BCUT2D eigenvalue weighted by Crippen LogP contribution is 2.41. The minimum Gasteiger partial charge on any atom is -0.390 e. The second-order valence-electron chi connectivity index (χ2n) is 7.83. The van der Waals surface area contributed by atoms with Crippen molar-refractivity contribution in [3.05, 3.63) is 46.3 Å². The van der Waals surface area contributed by atoms with Crippen LogP contribution < -0.4 is 11.1 Å². The number of hydrogen-bond donors (Lipinski definition) is 4. The fourth-order valence-electron chi connectivity index (χ4n) is 4.25. The maximum Gasteiger partial charge on any atom is 0.259 e. The molecule has 1 aliphatic rings. The molecule has 4 rings (SSSR count). The quantitative estimate of drug-likeness (QED) is 0.493. The molecule has 2 aromatic heterocycles. The molecular formula is C21H23FN4O3S. The van der Waals surface area contributed by atoms with E-state index >= 15 is 0 Å². The number of aromatic nitrogens is 2. The van der Waals surface area contributed by atoms with Crippen LogP contribution in [0.5, 0.6) is 0 Å². The fourth-order valence-corrected chi connectivity index (χ4v) is 5.25. The predicted octanol–water partition coefficient (Wildman–Crippen LogP) is 3.22. The maximum atomic E-state index is 14.1. The van der Waals surface area contributed by atoms with Crippen LogP contribution in [0.2, 0.25) is 0 Å². The highest BCUT2D eigenvalue weighted by Gasteiger charge is 2.35. The van der Waals surface area contributed by atoms with Gasteiger partial charge >= 0.3 is 0 Å². The van der Waals surface area contributed by atoms with Gasteiger partial charge in [-0.3, -0.25) is 4.79 Å². The van der Waals surface area contributed by atoms with Crippen LogP contribution >= 0.6 is 11.3 Å². The number of aliphatic hydroxyl groups is 2. The zero-order valence-corrected chi connectivity index (χ0v) is 17.4. The number of primary amides is 1. The van der Waals surface area contributed by atoms with Crippen molar-refractivity contribution in [1.82, 2.24) is 9.97 Å². The van der Waals surface area contributed by atoms with Gasteiger partial charge in [0.25, 0.3) is 5.91 Å². The standard InChI is InChI=1S/C21H23FN4O3S/c1-9(11-5-15(27)16(28)6-11)13-7-12(22)3-4-14(13)26-20-17-10(2)18(19(23)29)30-21(17)25-8-24-20/h3-4,7-9,11,15-16,27-28H,5-6H2,1-2H3,(H2,23,29)(H,24,25,26)/t9?,15-,16-/m1/s1. The normalized spacial score (nSPS) is 20.6. The van der Waals surface area contributed by atoms with Crippen LogP contribution in [0.4, 0.5) is 15.9 Å². The summed E-state index contributed by atoms with van der Waals surface area (Å²) >= 11 is 1.21. The number of halogens is 1. The first-order chi connectivity index (χ1) is 14.3. The molecule has 158 valence electrons. The number of carbonyl (C=O) groups excluding carboxylic acids is 1. The maximum absolute atomic E-state index is 14.1. The highest BCUT2D eigenvalue weighted by molar-refractivity contribution is 7.20. The molecule has 7 nitrogen and oxygen atoms in total. The van der Waals surface area contributed by atoms with Gasteiger partial charge in [-0.05, 0) is 60.9 Å². The molecule has 1 aliphatic carbocycles. The Hall–Kier alpha value is -2.62. The van der Waals surface area contributed by atoms with Crippen molar-refractivity contribution in [2.45, 2.75) is 44.8 Å². The van der Waals surface area contributed by atoms with E-state index in [-0.39, 0.29) is 17.7 Å². The van der Waals surface area contributed by atoms with E-state index in [9.17, 15) is 19.4 Å². The Morgan fingerprint density at radius 1 is 1.30 bits per heavy atom. The van der Waals surface area contributed by atoms with Crippen LogP contribution in [-0.4, -0.2) is 38.3 Å². The van der Waals surface area contributed by atoms with E-state index in [1.807, 2.05) is 6.92 Å². The smallest absolute Gasteiger partial charge is 0.259 e. The van der Waals surface area contributed by atoms with Crippen molar-refractivity contribution >= 4 is 39.0 Å². The molecule has 0 bridgehead atoms. The van der Waals surface area contributed by atoms with Crippen molar-refractivity contribution in [2.24, 2.45) is 11.7 Å². The number of nitrogens with one attached hydrogen (secondary N) is 1. The SMILES string of the molecule is Cc1c(C(N)=O)sc2ncnc(Nc3ccc(F)cc3C(C)C3C[C@@H](O)[C@H](O)C3)c12. The van der Waals surface area contributed by atoms with E-state index in [0.29, 0.717) is 45.0 Å². The Bertz CT molecular complexity index is 1110. The zero-order chi connectivity index (χ0) is 21.6. The Balaban J connectivity index is 1.73. The van der Waals surface area contributed by atoms with Gasteiger partial charge in [0.15, 0.2) is 0 Å². The third kappa shape index (κ3) is 3.64. The topological polar surface area (TPSA) is 121 Å². The molecule has 3 atom stereocenters. The van der Waals surface area contributed by atoms with Crippen LogP contribution in [0.3, 0.4) is 0 Å². The van der Waals surface area contributed by atoms with Crippen LogP contribution in [0.25, 0.3) is 10.2 Å². The van der Waals surface area contributed by atoms with Crippen molar-refractivity contribution in [1.29, 1.82) is 0 Å². The van der Waals surface area contributed by atoms with Crippen molar-refractivity contribution < 1.29 is 19.4 Å². The Morgan fingerprint density at radius 3 is 2.67 bits per heavy atom. The van der Waals surface area contributed by atoms with Gasteiger partial charge in [-0.2, -0.15) is 0 Å². The van der Waals surface area contributed by atoms with E-state index in [4.69, 9.17) is 5.73 Å². The summed E-state index contributed by atoms with van der Waals surface area (Å²) < 4.78 is 14.1. The molecule has 0 saturated heterocycles. The monoisotopic (exact) mass is 430 g/mol. The summed E-state index contributed by atoms with van der Waals surface area (Å²) in [6.07, 6.45) is 0.805. The Labute approximate surface area is 176 Å². The predicted molar refractivity (Wildman–Crippen MR) is 114 cm³/mol. The van der Waals surface area contributed by atoms with E-state index in [1.165, 1.54) is 29.8 Å². The molecule has 30 heavy (non-hydrogen) atoms. The van der Waals surface area contributed by atoms with Crippen molar-refractivity contribution in [3.63, 3.8) is 0 Å². The molecule has 2 heterocycles. The first-order valence-corrected chi connectivity index (χ1v) is 10.5. The number of hydrogen-bond acceptors (Lipinski definition) is 7. The van der Waals surface area contributed by atoms with E-state index in [0.717, 1.165) is 5.56 Å². The van der Waals surface area contributed by atoms with Crippen LogP contribution in [-0.2, 0) is 0 Å².